The lowest BCUT2D eigenvalue weighted by molar-refractivity contribution is -0.137. The number of aromatic nitrogens is 2. The number of aliphatic hydroxyl groups is 1. The fourth-order valence-electron chi connectivity index (χ4n) is 2.78. The third-order valence-corrected chi connectivity index (χ3v) is 3.89. The molecule has 2 heterocycles. The zero-order chi connectivity index (χ0) is 16.6. The molecule has 3 rings (SSSR count). The van der Waals surface area contributed by atoms with Crippen LogP contribution in [0.2, 0.25) is 0 Å². The smallest absolute Gasteiger partial charge is 0.391 e. The number of amides is 1. The van der Waals surface area contributed by atoms with Crippen LogP contribution < -0.4 is 0 Å². The Morgan fingerprint density at radius 2 is 1.96 bits per heavy atom. The number of H-pyrrole nitrogens is 1. The van der Waals surface area contributed by atoms with Crippen LogP contribution in [0.1, 0.15) is 34.1 Å². The lowest BCUT2D eigenvalue weighted by Crippen LogP contribution is -2.32. The maximum absolute atomic E-state index is 12.6. The summed E-state index contributed by atoms with van der Waals surface area (Å²) in [4.78, 5) is 13.9. The number of nitrogens with zero attached hydrogens (tertiary/aromatic N) is 2. The number of rotatable bonds is 2. The van der Waals surface area contributed by atoms with E-state index >= 15 is 0 Å². The van der Waals surface area contributed by atoms with Gasteiger partial charge in [-0.25, -0.2) is 0 Å². The molecule has 0 radical (unpaired) electrons. The topological polar surface area (TPSA) is 69.2 Å². The van der Waals surface area contributed by atoms with Crippen molar-refractivity contribution in [1.29, 1.82) is 0 Å². The van der Waals surface area contributed by atoms with E-state index in [9.17, 15) is 23.1 Å². The van der Waals surface area contributed by atoms with Crippen molar-refractivity contribution in [3.63, 3.8) is 0 Å². The van der Waals surface area contributed by atoms with E-state index in [1.807, 2.05) is 0 Å². The van der Waals surface area contributed by atoms with Crippen LogP contribution in [0.5, 0.6) is 0 Å². The van der Waals surface area contributed by atoms with Crippen molar-refractivity contribution in [2.75, 3.05) is 6.54 Å². The van der Waals surface area contributed by atoms with Crippen molar-refractivity contribution in [3.8, 4) is 0 Å². The molecule has 0 spiro atoms. The van der Waals surface area contributed by atoms with Crippen LogP contribution >= 0.6 is 0 Å². The van der Waals surface area contributed by atoms with E-state index in [0.717, 1.165) is 12.1 Å². The summed E-state index contributed by atoms with van der Waals surface area (Å²) in [6.07, 6.45) is -3.40. The Bertz CT molecular complexity index is 683. The van der Waals surface area contributed by atoms with Gasteiger partial charge in [-0.15, -0.1) is 0 Å². The molecule has 1 amide bonds. The highest BCUT2D eigenvalue weighted by Crippen LogP contribution is 2.35. The third kappa shape index (κ3) is 3.07. The van der Waals surface area contributed by atoms with Gasteiger partial charge in [-0.3, -0.25) is 9.89 Å². The number of alkyl halides is 3. The van der Waals surface area contributed by atoms with E-state index in [1.54, 1.807) is 0 Å². The van der Waals surface area contributed by atoms with Gasteiger partial charge in [-0.05, 0) is 30.2 Å². The van der Waals surface area contributed by atoms with E-state index in [4.69, 9.17) is 0 Å². The van der Waals surface area contributed by atoms with Gasteiger partial charge in [-0.2, -0.15) is 18.3 Å². The highest BCUT2D eigenvalue weighted by atomic mass is 19.4. The first-order chi connectivity index (χ1) is 10.9. The highest BCUT2D eigenvalue weighted by Gasteiger charge is 2.37. The van der Waals surface area contributed by atoms with Crippen molar-refractivity contribution in [3.05, 3.63) is 53.3 Å². The molecule has 1 aromatic heterocycles. The zero-order valence-electron chi connectivity index (χ0n) is 11.9. The Labute approximate surface area is 129 Å². The number of nitrogens with one attached hydrogen (secondary N) is 1. The summed E-state index contributed by atoms with van der Waals surface area (Å²) >= 11 is 0. The van der Waals surface area contributed by atoms with Crippen LogP contribution in [0, 0.1) is 0 Å². The molecule has 2 N–H and O–H groups in total. The second-order valence-electron chi connectivity index (χ2n) is 5.45. The largest absolute Gasteiger partial charge is 0.416 e. The standard InChI is InChI=1S/C15H14F3N3O2/c16-15(17,18)10-3-1-9(2-4-10)13-7-11(22)8-21(13)14(23)12-5-6-19-20-12/h1-6,11,13,22H,7-8H2,(H,19,20)/t11-,13-/m1/s1. The summed E-state index contributed by atoms with van der Waals surface area (Å²) in [5.41, 5.74) is 0.0877. The van der Waals surface area contributed by atoms with Gasteiger partial charge < -0.3 is 10.0 Å². The molecule has 1 aromatic carbocycles. The van der Waals surface area contributed by atoms with E-state index in [2.05, 4.69) is 10.2 Å². The molecule has 5 nitrogen and oxygen atoms in total. The molecule has 23 heavy (non-hydrogen) atoms. The molecule has 2 aromatic rings. The molecule has 0 unspecified atom stereocenters. The van der Waals surface area contributed by atoms with Crippen molar-refractivity contribution < 1.29 is 23.1 Å². The molecular formula is C15H14F3N3O2. The van der Waals surface area contributed by atoms with E-state index in [0.29, 0.717) is 5.56 Å². The Hall–Kier alpha value is -2.35. The summed E-state index contributed by atoms with van der Waals surface area (Å²) in [7, 11) is 0. The normalized spacial score (nSPS) is 21.7. The highest BCUT2D eigenvalue weighted by molar-refractivity contribution is 5.92. The van der Waals surface area contributed by atoms with Crippen LogP contribution in [0.15, 0.2) is 36.5 Å². The molecule has 0 saturated carbocycles. The predicted molar refractivity (Wildman–Crippen MR) is 74.4 cm³/mol. The minimum Gasteiger partial charge on any atom is -0.391 e. The molecule has 2 atom stereocenters. The minimum atomic E-state index is -4.40. The fourth-order valence-corrected chi connectivity index (χ4v) is 2.78. The summed E-state index contributed by atoms with van der Waals surface area (Å²) in [5, 5.41) is 16.1. The van der Waals surface area contributed by atoms with Gasteiger partial charge in [0, 0.05) is 12.7 Å². The number of benzene rings is 1. The van der Waals surface area contributed by atoms with E-state index < -0.39 is 23.9 Å². The Morgan fingerprint density at radius 1 is 1.26 bits per heavy atom. The molecule has 1 saturated heterocycles. The first-order valence-electron chi connectivity index (χ1n) is 7.02. The Balaban J connectivity index is 1.86. The van der Waals surface area contributed by atoms with Gasteiger partial charge in [-0.1, -0.05) is 12.1 Å². The van der Waals surface area contributed by atoms with Crippen molar-refractivity contribution in [1.82, 2.24) is 15.1 Å². The van der Waals surface area contributed by atoms with Crippen LogP contribution in [0.4, 0.5) is 13.2 Å². The molecule has 1 aliphatic rings. The number of β-amino-alcohol motifs (C(OH)–C–C–N with tert-alkyl or cyclic N) is 1. The van der Waals surface area contributed by atoms with E-state index in [1.165, 1.54) is 29.3 Å². The van der Waals surface area contributed by atoms with Gasteiger partial charge in [0.25, 0.3) is 5.91 Å². The van der Waals surface area contributed by atoms with Crippen LogP contribution in [0.25, 0.3) is 0 Å². The summed E-state index contributed by atoms with van der Waals surface area (Å²) in [5.74, 6) is -0.344. The van der Waals surface area contributed by atoms with Gasteiger partial charge in [0.05, 0.1) is 17.7 Å². The number of hydrogen-bond donors (Lipinski definition) is 2. The van der Waals surface area contributed by atoms with E-state index in [-0.39, 0.29) is 24.6 Å². The SMILES string of the molecule is O=C(c1ccn[nH]1)N1C[C@H](O)C[C@@H]1c1ccc(C(F)(F)F)cc1. The summed E-state index contributed by atoms with van der Waals surface area (Å²) in [6, 6.07) is 5.70. The van der Waals surface area contributed by atoms with Crippen molar-refractivity contribution in [2.45, 2.75) is 24.7 Å². The minimum absolute atomic E-state index is 0.129. The predicted octanol–water partition coefficient (Wildman–Crippen LogP) is 2.38. The maximum atomic E-state index is 12.6. The monoisotopic (exact) mass is 325 g/mol. The van der Waals surface area contributed by atoms with Crippen molar-refractivity contribution >= 4 is 5.91 Å². The van der Waals surface area contributed by atoms with Gasteiger partial charge in [0.1, 0.15) is 5.69 Å². The third-order valence-electron chi connectivity index (χ3n) is 3.89. The lowest BCUT2D eigenvalue weighted by atomic mass is 10.0. The van der Waals surface area contributed by atoms with Gasteiger partial charge >= 0.3 is 6.18 Å². The first-order valence-corrected chi connectivity index (χ1v) is 7.02. The maximum Gasteiger partial charge on any atom is 0.416 e. The van der Waals surface area contributed by atoms with Gasteiger partial charge in [0.2, 0.25) is 0 Å². The van der Waals surface area contributed by atoms with Crippen LogP contribution in [-0.4, -0.2) is 38.8 Å². The Kier molecular flexibility index (Phi) is 3.85. The number of carbonyl (C=O) groups is 1. The fraction of sp³-hybridized carbons (Fsp3) is 0.333. The second-order valence-corrected chi connectivity index (χ2v) is 5.45. The number of aliphatic hydroxyl groups excluding tert-OH is 1. The van der Waals surface area contributed by atoms with Crippen LogP contribution in [-0.2, 0) is 6.18 Å². The summed E-state index contributed by atoms with van der Waals surface area (Å²) < 4.78 is 37.9. The molecule has 0 aliphatic carbocycles. The zero-order valence-corrected chi connectivity index (χ0v) is 11.9. The van der Waals surface area contributed by atoms with Crippen molar-refractivity contribution in [2.24, 2.45) is 0 Å². The average molecular weight is 325 g/mol. The first kappa shape index (κ1) is 15.5. The number of halogens is 3. The lowest BCUT2D eigenvalue weighted by Gasteiger charge is -2.24. The molecular weight excluding hydrogens is 311 g/mol. The molecule has 122 valence electrons. The summed E-state index contributed by atoms with van der Waals surface area (Å²) in [6.45, 7) is 0.129. The second kappa shape index (κ2) is 5.69. The molecule has 8 heteroatoms. The average Bonchev–Trinajstić information content (AvgIpc) is 3.15. The quantitative estimate of drug-likeness (QED) is 0.891. The number of likely N-dealkylation sites (tertiary alicyclic amines) is 1. The number of hydrogen-bond acceptors (Lipinski definition) is 3. The van der Waals surface area contributed by atoms with Crippen LogP contribution in [0.3, 0.4) is 0 Å². The molecule has 1 fully saturated rings. The molecule has 1 aliphatic heterocycles. The molecule has 0 bridgehead atoms. The number of carbonyl (C=O) groups excluding carboxylic acids is 1. The number of aromatic amines is 1. The Morgan fingerprint density at radius 3 is 2.52 bits per heavy atom. The van der Waals surface area contributed by atoms with Gasteiger partial charge in [0.15, 0.2) is 0 Å².